The van der Waals surface area contributed by atoms with E-state index in [2.05, 4.69) is 4.98 Å². The molecule has 0 aliphatic heterocycles. The van der Waals surface area contributed by atoms with E-state index in [1.807, 2.05) is 42.5 Å². The number of nitrogens with zero attached hydrogens (tertiary/aromatic N) is 1. The summed E-state index contributed by atoms with van der Waals surface area (Å²) in [6.45, 7) is 0. The van der Waals surface area contributed by atoms with Crippen LogP contribution in [0.1, 0.15) is 36.3 Å². The summed E-state index contributed by atoms with van der Waals surface area (Å²) >= 11 is 0. The molecule has 1 aromatic carbocycles. The van der Waals surface area contributed by atoms with Crippen LogP contribution in [0.3, 0.4) is 0 Å². The van der Waals surface area contributed by atoms with E-state index in [0.717, 1.165) is 35.3 Å². The zero-order valence-corrected chi connectivity index (χ0v) is 12.7. The number of hydrogen-bond acceptors (Lipinski definition) is 3. The van der Waals surface area contributed by atoms with E-state index >= 15 is 0 Å². The second-order valence-corrected chi connectivity index (χ2v) is 5.52. The number of allylic oxidation sites excluding steroid dienone is 1. The largest absolute Gasteiger partial charge is 0.497 e. The Morgan fingerprint density at radius 2 is 2.05 bits per heavy atom. The van der Waals surface area contributed by atoms with E-state index in [-0.39, 0.29) is 11.7 Å². The van der Waals surface area contributed by atoms with Gasteiger partial charge in [0.15, 0.2) is 5.78 Å². The number of pyridine rings is 1. The number of carbonyl (C=O) groups is 1. The number of hydrogen-bond donors (Lipinski definition) is 0. The summed E-state index contributed by atoms with van der Waals surface area (Å²) in [5, 5.41) is 0. The quantitative estimate of drug-likeness (QED) is 0.803. The number of ketones is 1. The molecule has 0 bridgehead atoms. The van der Waals surface area contributed by atoms with Crippen LogP contribution in [0.15, 0.2) is 54.4 Å². The van der Waals surface area contributed by atoms with E-state index in [9.17, 15) is 4.79 Å². The third-order valence-corrected chi connectivity index (χ3v) is 4.12. The molecule has 0 N–H and O–H groups in total. The zero-order chi connectivity index (χ0) is 15.4. The van der Waals surface area contributed by atoms with Gasteiger partial charge in [-0.05, 0) is 54.3 Å². The lowest BCUT2D eigenvalue weighted by molar-refractivity contribution is -0.116. The monoisotopic (exact) mass is 293 g/mol. The van der Waals surface area contributed by atoms with Crippen molar-refractivity contribution in [3.8, 4) is 5.75 Å². The highest BCUT2D eigenvalue weighted by atomic mass is 16.5. The minimum absolute atomic E-state index is 0.162. The van der Waals surface area contributed by atoms with Gasteiger partial charge in [-0.1, -0.05) is 12.1 Å². The van der Waals surface area contributed by atoms with Gasteiger partial charge in [0, 0.05) is 30.3 Å². The summed E-state index contributed by atoms with van der Waals surface area (Å²) in [4.78, 5) is 16.5. The Balaban J connectivity index is 1.99. The number of rotatable bonds is 3. The Kier molecular flexibility index (Phi) is 4.33. The van der Waals surface area contributed by atoms with Crippen molar-refractivity contribution in [3.05, 3.63) is 65.5 Å². The van der Waals surface area contributed by atoms with Gasteiger partial charge in [-0.2, -0.15) is 0 Å². The van der Waals surface area contributed by atoms with E-state index in [1.54, 1.807) is 19.5 Å². The molecule has 2 aromatic rings. The lowest BCUT2D eigenvalue weighted by Crippen LogP contribution is -2.17. The van der Waals surface area contributed by atoms with E-state index in [4.69, 9.17) is 4.74 Å². The number of carbonyl (C=O) groups excluding carboxylic acids is 1. The van der Waals surface area contributed by atoms with E-state index in [1.165, 1.54) is 0 Å². The highest BCUT2D eigenvalue weighted by molar-refractivity contribution is 6.01. The van der Waals surface area contributed by atoms with Crippen molar-refractivity contribution in [3.63, 3.8) is 0 Å². The molecular weight excluding hydrogens is 274 g/mol. The number of aromatic nitrogens is 1. The Morgan fingerprint density at radius 3 is 2.82 bits per heavy atom. The van der Waals surface area contributed by atoms with Crippen LogP contribution in [0.2, 0.25) is 0 Å². The molecule has 1 unspecified atom stereocenters. The van der Waals surface area contributed by atoms with Crippen LogP contribution >= 0.6 is 0 Å². The maximum atomic E-state index is 12.4. The smallest absolute Gasteiger partial charge is 0.159 e. The van der Waals surface area contributed by atoms with Crippen molar-refractivity contribution in [2.45, 2.75) is 25.2 Å². The van der Waals surface area contributed by atoms with E-state index in [0.29, 0.717) is 6.42 Å². The third kappa shape index (κ3) is 3.08. The topological polar surface area (TPSA) is 39.2 Å². The standard InChI is InChI=1S/C19H19NO2/c1-22-16-5-2-4-14(12-16)13-18-17(6-3-7-19(18)21)15-8-10-20-11-9-15/h2,4-5,8-13,17H,3,6-7H2,1H3. The normalized spacial score (nSPS) is 20.1. The predicted octanol–water partition coefficient (Wildman–Crippen LogP) is 4.01. The van der Waals surface area contributed by atoms with Crippen LogP contribution in [-0.4, -0.2) is 17.9 Å². The molecule has 1 heterocycles. The minimum Gasteiger partial charge on any atom is -0.497 e. The second kappa shape index (κ2) is 6.56. The molecule has 1 aromatic heterocycles. The average molecular weight is 293 g/mol. The molecule has 3 nitrogen and oxygen atoms in total. The molecule has 1 saturated carbocycles. The van der Waals surface area contributed by atoms with Crippen LogP contribution in [0.4, 0.5) is 0 Å². The van der Waals surface area contributed by atoms with Crippen molar-refractivity contribution in [1.82, 2.24) is 4.98 Å². The van der Waals surface area contributed by atoms with Gasteiger partial charge in [0.1, 0.15) is 5.75 Å². The lowest BCUT2D eigenvalue weighted by Gasteiger charge is -2.24. The molecule has 1 aliphatic carbocycles. The van der Waals surface area contributed by atoms with Gasteiger partial charge in [-0.25, -0.2) is 0 Å². The summed E-state index contributed by atoms with van der Waals surface area (Å²) in [6.07, 6.45) is 8.18. The molecule has 1 atom stereocenters. The Morgan fingerprint density at radius 1 is 1.23 bits per heavy atom. The Labute approximate surface area is 130 Å². The molecule has 0 saturated heterocycles. The first-order valence-corrected chi connectivity index (χ1v) is 7.56. The summed E-state index contributed by atoms with van der Waals surface area (Å²) in [7, 11) is 1.65. The first kappa shape index (κ1) is 14.5. The van der Waals surface area contributed by atoms with Crippen LogP contribution in [0.25, 0.3) is 6.08 Å². The molecule has 0 radical (unpaired) electrons. The number of Topliss-reactive ketones (excluding diaryl/α,β-unsaturated/α-hetero) is 1. The molecule has 3 heteroatoms. The SMILES string of the molecule is COc1cccc(C=C2C(=O)CCCC2c2ccncc2)c1. The summed E-state index contributed by atoms with van der Waals surface area (Å²) in [5.74, 6) is 1.21. The summed E-state index contributed by atoms with van der Waals surface area (Å²) in [6, 6.07) is 11.8. The van der Waals surface area contributed by atoms with Crippen LogP contribution < -0.4 is 4.74 Å². The maximum Gasteiger partial charge on any atom is 0.159 e. The molecule has 1 fully saturated rings. The van der Waals surface area contributed by atoms with Gasteiger partial charge in [0.2, 0.25) is 0 Å². The first-order chi connectivity index (χ1) is 10.8. The highest BCUT2D eigenvalue weighted by Crippen LogP contribution is 2.36. The second-order valence-electron chi connectivity index (χ2n) is 5.52. The maximum absolute atomic E-state index is 12.4. The minimum atomic E-state index is 0.162. The number of methoxy groups -OCH3 is 1. The van der Waals surface area contributed by atoms with Gasteiger partial charge >= 0.3 is 0 Å². The lowest BCUT2D eigenvalue weighted by atomic mass is 9.78. The highest BCUT2D eigenvalue weighted by Gasteiger charge is 2.26. The molecule has 112 valence electrons. The fourth-order valence-electron chi connectivity index (χ4n) is 2.99. The Hall–Kier alpha value is -2.42. The van der Waals surface area contributed by atoms with E-state index < -0.39 is 0 Å². The summed E-state index contributed by atoms with van der Waals surface area (Å²) in [5.41, 5.74) is 3.06. The fourth-order valence-corrected chi connectivity index (χ4v) is 2.99. The number of benzene rings is 1. The average Bonchev–Trinajstić information content (AvgIpc) is 2.58. The van der Waals surface area contributed by atoms with Crippen molar-refractivity contribution in [1.29, 1.82) is 0 Å². The Bertz CT molecular complexity index is 692. The van der Waals surface area contributed by atoms with Crippen LogP contribution in [0.5, 0.6) is 5.75 Å². The van der Waals surface area contributed by atoms with Gasteiger partial charge in [0.05, 0.1) is 7.11 Å². The zero-order valence-electron chi connectivity index (χ0n) is 12.7. The molecule has 3 rings (SSSR count). The van der Waals surface area contributed by atoms with Gasteiger partial charge < -0.3 is 4.74 Å². The van der Waals surface area contributed by atoms with Crippen LogP contribution in [-0.2, 0) is 4.79 Å². The first-order valence-electron chi connectivity index (χ1n) is 7.56. The fraction of sp³-hybridized carbons (Fsp3) is 0.263. The molecular formula is C19H19NO2. The third-order valence-electron chi connectivity index (χ3n) is 4.12. The van der Waals surface area contributed by atoms with Crippen LogP contribution in [0, 0.1) is 0 Å². The molecule has 22 heavy (non-hydrogen) atoms. The van der Waals surface area contributed by atoms with Crippen molar-refractivity contribution in [2.75, 3.05) is 7.11 Å². The van der Waals surface area contributed by atoms with Gasteiger partial charge in [-0.3, -0.25) is 9.78 Å². The summed E-state index contributed by atoms with van der Waals surface area (Å²) < 4.78 is 5.26. The molecule has 1 aliphatic rings. The van der Waals surface area contributed by atoms with Gasteiger partial charge in [0.25, 0.3) is 0 Å². The van der Waals surface area contributed by atoms with Crippen molar-refractivity contribution in [2.24, 2.45) is 0 Å². The van der Waals surface area contributed by atoms with Gasteiger partial charge in [-0.15, -0.1) is 0 Å². The predicted molar refractivity (Wildman–Crippen MR) is 86.8 cm³/mol. The molecule has 0 amide bonds. The molecule has 0 spiro atoms. The van der Waals surface area contributed by atoms with Crippen molar-refractivity contribution < 1.29 is 9.53 Å². The van der Waals surface area contributed by atoms with Crippen molar-refractivity contribution >= 4 is 11.9 Å². The number of ether oxygens (including phenoxy) is 1.